The largest absolute Gasteiger partial charge is 0.299 e. The van der Waals surface area contributed by atoms with Crippen molar-refractivity contribution in [2.24, 2.45) is 0 Å². The number of hydrogen-bond acceptors (Lipinski definition) is 5. The van der Waals surface area contributed by atoms with Crippen LogP contribution in [-0.2, 0) is 23.1 Å². The van der Waals surface area contributed by atoms with Crippen LogP contribution in [0, 0.1) is 10.1 Å². The Labute approximate surface area is 152 Å². The fourth-order valence-corrected chi connectivity index (χ4v) is 4.32. The zero-order valence-electron chi connectivity index (χ0n) is 14.3. The number of hydrogen-bond donors (Lipinski definition) is 1. The molecule has 0 atom stereocenters. The summed E-state index contributed by atoms with van der Waals surface area (Å²) in [6.07, 6.45) is 2.44. The van der Waals surface area contributed by atoms with Gasteiger partial charge in [-0.25, -0.2) is 13.1 Å². The molecule has 1 fully saturated rings. The third kappa shape index (κ3) is 4.46. The minimum absolute atomic E-state index is 0.0855. The van der Waals surface area contributed by atoms with Crippen LogP contribution in [0.1, 0.15) is 24.0 Å². The lowest BCUT2D eigenvalue weighted by atomic mass is 10.1. The molecule has 0 amide bonds. The van der Waals surface area contributed by atoms with E-state index in [4.69, 9.17) is 0 Å². The zero-order valence-corrected chi connectivity index (χ0v) is 15.1. The van der Waals surface area contributed by atoms with Crippen LogP contribution in [0.5, 0.6) is 0 Å². The Morgan fingerprint density at radius 2 is 1.73 bits per heavy atom. The Morgan fingerprint density at radius 1 is 1.04 bits per heavy atom. The van der Waals surface area contributed by atoms with Gasteiger partial charge in [0.2, 0.25) is 10.0 Å². The first kappa shape index (κ1) is 18.5. The van der Waals surface area contributed by atoms with Crippen molar-refractivity contribution in [3.8, 4) is 0 Å². The van der Waals surface area contributed by atoms with Crippen molar-refractivity contribution >= 4 is 15.7 Å². The van der Waals surface area contributed by atoms with E-state index >= 15 is 0 Å². The van der Waals surface area contributed by atoms with Gasteiger partial charge in [0.15, 0.2) is 4.90 Å². The molecule has 1 heterocycles. The van der Waals surface area contributed by atoms with Crippen molar-refractivity contribution in [2.75, 3.05) is 13.1 Å². The fraction of sp³-hybridized carbons (Fsp3) is 0.333. The van der Waals surface area contributed by atoms with Crippen LogP contribution in [0.25, 0.3) is 0 Å². The number of benzene rings is 2. The van der Waals surface area contributed by atoms with Crippen molar-refractivity contribution in [2.45, 2.75) is 30.8 Å². The van der Waals surface area contributed by atoms with E-state index in [9.17, 15) is 18.5 Å². The molecule has 0 unspecified atom stereocenters. The van der Waals surface area contributed by atoms with Crippen LogP contribution in [0.2, 0.25) is 0 Å². The lowest BCUT2D eigenvalue weighted by molar-refractivity contribution is -0.387. The first-order valence-corrected chi connectivity index (χ1v) is 9.97. The molecule has 1 N–H and O–H groups in total. The highest BCUT2D eigenvalue weighted by Crippen LogP contribution is 2.23. The summed E-state index contributed by atoms with van der Waals surface area (Å²) in [5, 5.41) is 11.1. The van der Waals surface area contributed by atoms with Crippen molar-refractivity contribution in [1.82, 2.24) is 9.62 Å². The van der Waals surface area contributed by atoms with Gasteiger partial charge >= 0.3 is 0 Å². The molecule has 1 aliphatic heterocycles. The van der Waals surface area contributed by atoms with E-state index in [1.807, 2.05) is 24.3 Å². The fourth-order valence-electron chi connectivity index (χ4n) is 3.13. The molecule has 0 aromatic heterocycles. The highest BCUT2D eigenvalue weighted by atomic mass is 32.2. The van der Waals surface area contributed by atoms with Gasteiger partial charge in [0.05, 0.1) is 4.92 Å². The highest BCUT2D eigenvalue weighted by molar-refractivity contribution is 7.89. The van der Waals surface area contributed by atoms with Crippen LogP contribution in [0.4, 0.5) is 5.69 Å². The molecule has 0 radical (unpaired) electrons. The second-order valence-corrected chi connectivity index (χ2v) is 8.09. The smallest absolute Gasteiger partial charge is 0.289 e. The summed E-state index contributed by atoms with van der Waals surface area (Å²) in [6.45, 7) is 3.12. The van der Waals surface area contributed by atoms with Gasteiger partial charge in [0.1, 0.15) is 0 Å². The average molecular weight is 375 g/mol. The summed E-state index contributed by atoms with van der Waals surface area (Å²) in [5.41, 5.74) is 1.53. The van der Waals surface area contributed by atoms with E-state index in [1.54, 1.807) is 0 Å². The molecular weight excluding hydrogens is 354 g/mol. The normalized spacial score (nSPS) is 15.2. The van der Waals surface area contributed by atoms with Gasteiger partial charge in [-0.2, -0.15) is 0 Å². The average Bonchev–Trinajstić information content (AvgIpc) is 3.13. The minimum Gasteiger partial charge on any atom is -0.299 e. The van der Waals surface area contributed by atoms with Crippen LogP contribution >= 0.6 is 0 Å². The summed E-state index contributed by atoms with van der Waals surface area (Å²) in [6, 6.07) is 13.1. The Kier molecular flexibility index (Phi) is 5.65. The first-order chi connectivity index (χ1) is 12.5. The van der Waals surface area contributed by atoms with Gasteiger partial charge in [-0.05, 0) is 43.1 Å². The van der Waals surface area contributed by atoms with Crippen LogP contribution in [0.3, 0.4) is 0 Å². The summed E-state index contributed by atoms with van der Waals surface area (Å²) in [5.74, 6) is 0. The maximum absolute atomic E-state index is 12.5. The van der Waals surface area contributed by atoms with Crippen molar-refractivity contribution in [3.63, 3.8) is 0 Å². The number of para-hydroxylation sites is 1. The summed E-state index contributed by atoms with van der Waals surface area (Å²) in [4.78, 5) is 12.4. The van der Waals surface area contributed by atoms with E-state index in [2.05, 4.69) is 9.62 Å². The molecule has 138 valence electrons. The number of likely N-dealkylation sites (tertiary alicyclic amines) is 1. The lowest BCUT2D eigenvalue weighted by Gasteiger charge is -2.15. The van der Waals surface area contributed by atoms with Crippen molar-refractivity contribution in [1.29, 1.82) is 0 Å². The Hall–Kier alpha value is -2.29. The van der Waals surface area contributed by atoms with Gasteiger partial charge in [-0.3, -0.25) is 15.0 Å². The molecule has 2 aromatic carbocycles. The van der Waals surface area contributed by atoms with Gasteiger partial charge in [0, 0.05) is 19.2 Å². The monoisotopic (exact) mass is 375 g/mol. The van der Waals surface area contributed by atoms with E-state index in [0.29, 0.717) is 0 Å². The van der Waals surface area contributed by atoms with Gasteiger partial charge in [-0.15, -0.1) is 0 Å². The van der Waals surface area contributed by atoms with Gasteiger partial charge < -0.3 is 0 Å². The number of nitrogens with one attached hydrogen (secondary N) is 1. The quantitative estimate of drug-likeness (QED) is 0.593. The number of rotatable bonds is 7. The molecule has 0 saturated carbocycles. The third-order valence-corrected chi connectivity index (χ3v) is 5.86. The Morgan fingerprint density at radius 3 is 2.46 bits per heavy atom. The van der Waals surface area contributed by atoms with E-state index < -0.39 is 20.6 Å². The molecule has 1 aliphatic rings. The molecule has 26 heavy (non-hydrogen) atoms. The predicted octanol–water partition coefficient (Wildman–Crippen LogP) is 2.67. The molecule has 0 bridgehead atoms. The van der Waals surface area contributed by atoms with Gasteiger partial charge in [-0.1, -0.05) is 36.4 Å². The second-order valence-electron chi connectivity index (χ2n) is 6.35. The molecule has 1 saturated heterocycles. The Balaban J connectivity index is 1.71. The number of nitro benzene ring substituents is 1. The second kappa shape index (κ2) is 7.94. The molecule has 0 aliphatic carbocycles. The maximum Gasteiger partial charge on any atom is 0.289 e. The van der Waals surface area contributed by atoms with E-state index in [-0.39, 0.29) is 11.4 Å². The summed E-state index contributed by atoms with van der Waals surface area (Å²) in [7, 11) is -3.97. The van der Waals surface area contributed by atoms with E-state index in [0.717, 1.165) is 30.8 Å². The van der Waals surface area contributed by atoms with E-state index in [1.165, 1.54) is 37.1 Å². The number of nitrogens with zero attached hydrogens (tertiary/aromatic N) is 2. The summed E-state index contributed by atoms with van der Waals surface area (Å²) >= 11 is 0. The SMILES string of the molecule is O=[N+]([O-])c1ccccc1S(=O)(=O)NCc1cccc(CN2CCCC2)c1. The standard InChI is InChI=1S/C18H21N3O4S/c22-21(23)17-8-1-2-9-18(17)26(24,25)19-13-15-6-5-7-16(12-15)14-20-10-3-4-11-20/h1-2,5-9,12,19H,3-4,10-11,13-14H2. The van der Waals surface area contributed by atoms with Gasteiger partial charge in [0.25, 0.3) is 5.69 Å². The number of nitro groups is 1. The molecule has 8 heteroatoms. The topological polar surface area (TPSA) is 92.5 Å². The first-order valence-electron chi connectivity index (χ1n) is 8.49. The lowest BCUT2D eigenvalue weighted by Crippen LogP contribution is -2.24. The molecule has 7 nitrogen and oxygen atoms in total. The van der Waals surface area contributed by atoms with Crippen LogP contribution < -0.4 is 4.72 Å². The third-order valence-electron chi connectivity index (χ3n) is 4.41. The predicted molar refractivity (Wildman–Crippen MR) is 98.1 cm³/mol. The minimum atomic E-state index is -3.97. The summed E-state index contributed by atoms with van der Waals surface area (Å²) < 4.78 is 27.4. The van der Waals surface area contributed by atoms with Crippen molar-refractivity contribution in [3.05, 3.63) is 69.8 Å². The van der Waals surface area contributed by atoms with Crippen molar-refractivity contribution < 1.29 is 13.3 Å². The molecule has 2 aromatic rings. The Bertz CT molecular complexity index is 893. The maximum atomic E-state index is 12.5. The highest BCUT2D eigenvalue weighted by Gasteiger charge is 2.24. The van der Waals surface area contributed by atoms with Crippen LogP contribution in [0.15, 0.2) is 53.4 Å². The number of sulfonamides is 1. The van der Waals surface area contributed by atoms with Crippen LogP contribution in [-0.4, -0.2) is 31.3 Å². The molecular formula is C18H21N3O4S. The molecule has 0 spiro atoms. The molecule has 3 rings (SSSR count). The zero-order chi connectivity index (χ0) is 18.6.